The Kier molecular flexibility index (Phi) is 3.76. The van der Waals surface area contributed by atoms with Crippen LogP contribution in [0.15, 0.2) is 28.7 Å². The maximum atomic E-state index is 12.9. The van der Waals surface area contributed by atoms with E-state index in [1.807, 2.05) is 0 Å². The van der Waals surface area contributed by atoms with Crippen molar-refractivity contribution in [3.05, 3.63) is 40.6 Å². The van der Waals surface area contributed by atoms with Gasteiger partial charge in [-0.3, -0.25) is 4.79 Å². The fraction of sp³-hybridized carbons (Fsp3) is 0.154. The average Bonchev–Trinajstić information content (AvgIpc) is 2.86. The smallest absolute Gasteiger partial charge is 0.418 e. The zero-order valence-corrected chi connectivity index (χ0v) is 10.9. The Hall–Kier alpha value is -1.95. The molecule has 0 fully saturated rings. The van der Waals surface area contributed by atoms with Gasteiger partial charge in [0.1, 0.15) is 11.5 Å². The number of alkyl halides is 3. The summed E-state index contributed by atoms with van der Waals surface area (Å²) in [4.78, 5) is 10.6. The molecule has 0 unspecified atom stereocenters. The molecule has 20 heavy (non-hydrogen) atoms. The molecule has 0 aliphatic carbocycles. The zero-order chi connectivity index (χ0) is 14.9. The van der Waals surface area contributed by atoms with Crippen molar-refractivity contribution in [3.63, 3.8) is 0 Å². The predicted molar refractivity (Wildman–Crippen MR) is 66.1 cm³/mol. The molecule has 2 rings (SSSR count). The normalized spacial score (nSPS) is 11.4. The summed E-state index contributed by atoms with van der Waals surface area (Å²) in [6.07, 6.45) is -4.18. The Balaban J connectivity index is 2.66. The second kappa shape index (κ2) is 5.20. The lowest BCUT2D eigenvalue weighted by atomic mass is 10.1. The topological polar surface area (TPSA) is 39.4 Å². The fourth-order valence-corrected chi connectivity index (χ4v) is 1.97. The summed E-state index contributed by atoms with van der Waals surface area (Å²) in [5.74, 6) is 0.0368. The SMILES string of the molecule is COc1cc(-c2ccc(C=O)o2)c(Cl)c(C(F)(F)F)c1. The standard InChI is InChI=1S/C13H8ClF3O3/c1-19-8-4-9(11-3-2-7(6-18)20-11)12(14)10(5-8)13(15,16)17/h2-6H,1H3. The molecule has 1 heterocycles. The monoisotopic (exact) mass is 304 g/mol. The first-order valence-electron chi connectivity index (χ1n) is 5.37. The third kappa shape index (κ3) is 2.65. The van der Waals surface area contributed by atoms with E-state index in [0.717, 1.165) is 6.07 Å². The Morgan fingerprint density at radius 2 is 2.00 bits per heavy atom. The first-order valence-corrected chi connectivity index (χ1v) is 5.74. The third-order valence-corrected chi connectivity index (χ3v) is 3.00. The van der Waals surface area contributed by atoms with Crippen molar-refractivity contribution >= 4 is 17.9 Å². The predicted octanol–water partition coefficient (Wildman–Crippen LogP) is 4.44. The van der Waals surface area contributed by atoms with Crippen molar-refractivity contribution in [1.82, 2.24) is 0 Å². The van der Waals surface area contributed by atoms with Gasteiger partial charge in [-0.2, -0.15) is 13.2 Å². The van der Waals surface area contributed by atoms with Crippen molar-refractivity contribution in [1.29, 1.82) is 0 Å². The maximum absolute atomic E-state index is 12.9. The van der Waals surface area contributed by atoms with E-state index >= 15 is 0 Å². The van der Waals surface area contributed by atoms with Gasteiger partial charge in [0.05, 0.1) is 17.7 Å². The molecule has 0 aliphatic rings. The number of hydrogen-bond donors (Lipinski definition) is 0. The van der Waals surface area contributed by atoms with E-state index in [0.29, 0.717) is 6.29 Å². The van der Waals surface area contributed by atoms with Crippen molar-refractivity contribution < 1.29 is 27.1 Å². The van der Waals surface area contributed by atoms with Crippen LogP contribution in [0.5, 0.6) is 5.75 Å². The van der Waals surface area contributed by atoms with Crippen LogP contribution in [0.25, 0.3) is 11.3 Å². The number of benzene rings is 1. The van der Waals surface area contributed by atoms with Gasteiger partial charge in [0.15, 0.2) is 12.0 Å². The van der Waals surface area contributed by atoms with Crippen LogP contribution < -0.4 is 4.74 Å². The number of ether oxygens (including phenoxy) is 1. The van der Waals surface area contributed by atoms with Crippen molar-refractivity contribution in [2.24, 2.45) is 0 Å². The molecule has 106 valence electrons. The summed E-state index contributed by atoms with van der Waals surface area (Å²) in [5.41, 5.74) is -1.02. The molecule has 0 spiro atoms. The van der Waals surface area contributed by atoms with E-state index in [-0.39, 0.29) is 22.8 Å². The Morgan fingerprint density at radius 1 is 1.30 bits per heavy atom. The Bertz CT molecular complexity index is 647. The highest BCUT2D eigenvalue weighted by molar-refractivity contribution is 6.34. The fourth-order valence-electron chi connectivity index (χ4n) is 1.66. The molecule has 1 aromatic carbocycles. The highest BCUT2D eigenvalue weighted by atomic mass is 35.5. The van der Waals surface area contributed by atoms with E-state index in [2.05, 4.69) is 0 Å². The van der Waals surface area contributed by atoms with Crippen molar-refractivity contribution in [3.8, 4) is 17.1 Å². The molecule has 0 aliphatic heterocycles. The summed E-state index contributed by atoms with van der Waals surface area (Å²) >= 11 is 5.79. The van der Waals surface area contributed by atoms with Gasteiger partial charge < -0.3 is 9.15 Å². The summed E-state index contributed by atoms with van der Waals surface area (Å²) in [7, 11) is 1.24. The van der Waals surface area contributed by atoms with Crippen LogP contribution in [0, 0.1) is 0 Å². The number of carbonyl (C=O) groups is 1. The first-order chi connectivity index (χ1) is 9.36. The van der Waals surface area contributed by atoms with Gasteiger partial charge in [0.25, 0.3) is 0 Å². The Labute approximate surface area is 116 Å². The largest absolute Gasteiger partial charge is 0.497 e. The average molecular weight is 305 g/mol. The lowest BCUT2D eigenvalue weighted by Crippen LogP contribution is -2.07. The van der Waals surface area contributed by atoms with Crippen LogP contribution in [0.1, 0.15) is 16.1 Å². The highest BCUT2D eigenvalue weighted by Crippen LogP contribution is 2.42. The van der Waals surface area contributed by atoms with Crippen LogP contribution in [0.3, 0.4) is 0 Å². The lowest BCUT2D eigenvalue weighted by molar-refractivity contribution is -0.137. The van der Waals surface area contributed by atoms with E-state index in [1.165, 1.54) is 25.3 Å². The van der Waals surface area contributed by atoms with Gasteiger partial charge >= 0.3 is 6.18 Å². The minimum atomic E-state index is -4.62. The molecule has 0 bridgehead atoms. The van der Waals surface area contributed by atoms with Crippen LogP contribution in [-0.2, 0) is 6.18 Å². The molecule has 2 aromatic rings. The van der Waals surface area contributed by atoms with Crippen LogP contribution in [-0.4, -0.2) is 13.4 Å². The number of methoxy groups -OCH3 is 1. The van der Waals surface area contributed by atoms with E-state index in [9.17, 15) is 18.0 Å². The summed E-state index contributed by atoms with van der Waals surface area (Å²) in [6.45, 7) is 0. The van der Waals surface area contributed by atoms with E-state index in [4.69, 9.17) is 20.8 Å². The van der Waals surface area contributed by atoms with Crippen molar-refractivity contribution in [2.45, 2.75) is 6.18 Å². The van der Waals surface area contributed by atoms with E-state index < -0.39 is 16.8 Å². The Morgan fingerprint density at radius 3 is 2.50 bits per heavy atom. The number of furan rings is 1. The van der Waals surface area contributed by atoms with Crippen LogP contribution >= 0.6 is 11.6 Å². The number of carbonyl (C=O) groups excluding carboxylic acids is 1. The third-order valence-electron chi connectivity index (χ3n) is 2.60. The first kappa shape index (κ1) is 14.5. The van der Waals surface area contributed by atoms with Gasteiger partial charge in [0, 0.05) is 5.56 Å². The molecule has 0 N–H and O–H groups in total. The molecule has 3 nitrogen and oxygen atoms in total. The summed E-state index contributed by atoms with van der Waals surface area (Å²) in [5, 5.41) is -0.509. The van der Waals surface area contributed by atoms with Crippen molar-refractivity contribution in [2.75, 3.05) is 7.11 Å². The van der Waals surface area contributed by atoms with Gasteiger partial charge in [0.2, 0.25) is 0 Å². The van der Waals surface area contributed by atoms with Gasteiger partial charge in [-0.05, 0) is 24.3 Å². The molecule has 0 saturated heterocycles. The lowest BCUT2D eigenvalue weighted by Gasteiger charge is -2.13. The number of halogens is 4. The summed E-state index contributed by atoms with van der Waals surface area (Å²) in [6, 6.07) is 4.82. The molecule has 7 heteroatoms. The second-order valence-electron chi connectivity index (χ2n) is 3.85. The molecule has 1 aromatic heterocycles. The van der Waals surface area contributed by atoms with E-state index in [1.54, 1.807) is 0 Å². The number of aldehydes is 1. The van der Waals surface area contributed by atoms with Crippen LogP contribution in [0.4, 0.5) is 13.2 Å². The minimum Gasteiger partial charge on any atom is -0.497 e. The highest BCUT2D eigenvalue weighted by Gasteiger charge is 2.35. The molecule has 0 saturated carbocycles. The molecule has 0 radical (unpaired) electrons. The van der Waals surface area contributed by atoms with Gasteiger partial charge in [-0.25, -0.2) is 0 Å². The van der Waals surface area contributed by atoms with Gasteiger partial charge in [-0.15, -0.1) is 0 Å². The zero-order valence-electron chi connectivity index (χ0n) is 10.1. The maximum Gasteiger partial charge on any atom is 0.418 e. The second-order valence-corrected chi connectivity index (χ2v) is 4.23. The quantitative estimate of drug-likeness (QED) is 0.787. The minimum absolute atomic E-state index is 0.00596. The summed E-state index contributed by atoms with van der Waals surface area (Å²) < 4.78 is 48.6. The molecular formula is C13H8ClF3O3. The molecule has 0 amide bonds. The number of rotatable bonds is 3. The van der Waals surface area contributed by atoms with Crippen LogP contribution in [0.2, 0.25) is 5.02 Å². The van der Waals surface area contributed by atoms with Gasteiger partial charge in [-0.1, -0.05) is 11.6 Å². The number of hydrogen-bond acceptors (Lipinski definition) is 3. The molecule has 0 atom stereocenters. The molecular weight excluding hydrogens is 297 g/mol.